The largest absolute Gasteiger partial charge is 0.444 e. The minimum atomic E-state index is -0.449. The molecule has 0 aliphatic carbocycles. The van der Waals surface area contributed by atoms with E-state index in [2.05, 4.69) is 21.9 Å². The van der Waals surface area contributed by atoms with Crippen LogP contribution in [-0.2, 0) is 11.3 Å². The Balaban J connectivity index is 1.91. The second kappa shape index (κ2) is 7.05. The lowest BCUT2D eigenvalue weighted by Gasteiger charge is -2.38. The summed E-state index contributed by atoms with van der Waals surface area (Å²) in [6.07, 6.45) is 7.02. The molecule has 1 aliphatic heterocycles. The predicted molar refractivity (Wildman–Crippen MR) is 84.3 cm³/mol. The first-order chi connectivity index (χ1) is 10.3. The molecular formula is C16H26N4O2. The van der Waals surface area contributed by atoms with Gasteiger partial charge in [0.15, 0.2) is 0 Å². The van der Waals surface area contributed by atoms with Gasteiger partial charge in [-0.15, -0.1) is 0 Å². The number of carbonyl (C=O) groups excluding carboxylic acids is 1. The first kappa shape index (κ1) is 16.7. The van der Waals surface area contributed by atoms with Crippen LogP contribution >= 0.6 is 0 Å². The molecular weight excluding hydrogens is 280 g/mol. The molecule has 1 aromatic heterocycles. The molecule has 22 heavy (non-hydrogen) atoms. The van der Waals surface area contributed by atoms with E-state index in [-0.39, 0.29) is 6.09 Å². The van der Waals surface area contributed by atoms with Crippen LogP contribution in [0.1, 0.15) is 39.3 Å². The third kappa shape index (κ3) is 4.94. The minimum Gasteiger partial charge on any atom is -0.444 e. The van der Waals surface area contributed by atoms with Gasteiger partial charge < -0.3 is 9.64 Å². The molecule has 0 N–H and O–H groups in total. The number of likely N-dealkylation sites (N-methyl/N-ethyl adjacent to an activating group) is 1. The highest BCUT2D eigenvalue weighted by Gasteiger charge is 2.29. The standard InChI is InChI=1S/C16H26N4O2/c1-16(2,3)22-15(21)20-9-5-6-14(12-20)19(4)11-13-10-17-7-8-18-13/h7-8,10,14H,5-6,9,11-12H2,1-4H3/t14-/m1/s1. The third-order valence-corrected chi connectivity index (χ3v) is 3.70. The molecule has 1 saturated heterocycles. The number of hydrogen-bond acceptors (Lipinski definition) is 5. The summed E-state index contributed by atoms with van der Waals surface area (Å²) in [4.78, 5) is 24.7. The number of aromatic nitrogens is 2. The van der Waals surface area contributed by atoms with Crippen molar-refractivity contribution >= 4 is 6.09 Å². The van der Waals surface area contributed by atoms with Crippen LogP contribution in [0.15, 0.2) is 18.6 Å². The summed E-state index contributed by atoms with van der Waals surface area (Å²) in [6, 6.07) is 0.322. The van der Waals surface area contributed by atoms with Gasteiger partial charge in [-0.3, -0.25) is 14.9 Å². The Hall–Kier alpha value is -1.69. The maximum absolute atomic E-state index is 12.2. The number of hydrogen-bond donors (Lipinski definition) is 0. The molecule has 6 nitrogen and oxygen atoms in total. The molecule has 1 aliphatic rings. The summed E-state index contributed by atoms with van der Waals surface area (Å²) >= 11 is 0. The highest BCUT2D eigenvalue weighted by Crippen LogP contribution is 2.19. The van der Waals surface area contributed by atoms with Gasteiger partial charge >= 0.3 is 6.09 Å². The molecule has 1 aromatic rings. The van der Waals surface area contributed by atoms with Gasteiger partial charge in [-0.1, -0.05) is 0 Å². The van der Waals surface area contributed by atoms with Gasteiger partial charge in [0.1, 0.15) is 5.60 Å². The lowest BCUT2D eigenvalue weighted by molar-refractivity contribution is 0.0120. The second-order valence-electron chi connectivity index (χ2n) is 6.83. The van der Waals surface area contributed by atoms with Crippen LogP contribution < -0.4 is 0 Å². The summed E-state index contributed by atoms with van der Waals surface area (Å²) < 4.78 is 5.47. The molecule has 0 saturated carbocycles. The van der Waals surface area contributed by atoms with Gasteiger partial charge in [-0.25, -0.2) is 4.79 Å². The zero-order chi connectivity index (χ0) is 16.2. The molecule has 0 aromatic carbocycles. The molecule has 6 heteroatoms. The monoisotopic (exact) mass is 306 g/mol. The van der Waals surface area contributed by atoms with Crippen molar-refractivity contribution in [3.8, 4) is 0 Å². The Morgan fingerprint density at radius 1 is 1.45 bits per heavy atom. The third-order valence-electron chi connectivity index (χ3n) is 3.70. The number of rotatable bonds is 3. The lowest BCUT2D eigenvalue weighted by atomic mass is 10.0. The Kier molecular flexibility index (Phi) is 5.34. The quantitative estimate of drug-likeness (QED) is 0.857. The average molecular weight is 306 g/mol. The normalized spacial score (nSPS) is 19.3. The Bertz CT molecular complexity index is 487. The van der Waals surface area contributed by atoms with Crippen molar-refractivity contribution in [1.82, 2.24) is 19.8 Å². The number of nitrogens with zero attached hydrogens (tertiary/aromatic N) is 4. The van der Waals surface area contributed by atoms with Crippen LogP contribution in [0.3, 0.4) is 0 Å². The van der Waals surface area contributed by atoms with Crippen molar-refractivity contribution in [1.29, 1.82) is 0 Å². The van der Waals surface area contributed by atoms with Gasteiger partial charge in [0, 0.05) is 44.3 Å². The molecule has 1 amide bonds. The summed E-state index contributed by atoms with van der Waals surface area (Å²) in [5, 5.41) is 0. The maximum Gasteiger partial charge on any atom is 0.410 e. The van der Waals surface area contributed by atoms with E-state index in [0.717, 1.165) is 31.6 Å². The first-order valence-corrected chi connectivity index (χ1v) is 7.78. The summed E-state index contributed by atoms with van der Waals surface area (Å²) in [6.45, 7) is 7.89. The van der Waals surface area contributed by atoms with Crippen molar-refractivity contribution in [3.05, 3.63) is 24.3 Å². The van der Waals surface area contributed by atoms with Crippen molar-refractivity contribution < 1.29 is 9.53 Å². The van der Waals surface area contributed by atoms with Gasteiger partial charge in [0.25, 0.3) is 0 Å². The highest BCUT2D eigenvalue weighted by atomic mass is 16.6. The molecule has 2 rings (SSSR count). The number of piperidine rings is 1. The lowest BCUT2D eigenvalue weighted by Crippen LogP contribution is -2.49. The van der Waals surface area contributed by atoms with Gasteiger partial charge in [-0.05, 0) is 40.7 Å². The van der Waals surface area contributed by atoms with E-state index in [1.807, 2.05) is 25.7 Å². The zero-order valence-corrected chi connectivity index (χ0v) is 14.0. The minimum absolute atomic E-state index is 0.217. The maximum atomic E-state index is 12.2. The number of amides is 1. The summed E-state index contributed by atoms with van der Waals surface area (Å²) in [5.74, 6) is 0. The molecule has 122 valence electrons. The van der Waals surface area contributed by atoms with E-state index < -0.39 is 5.60 Å². The van der Waals surface area contributed by atoms with Gasteiger partial charge in [-0.2, -0.15) is 0 Å². The SMILES string of the molecule is CN(Cc1cnccn1)[C@@H]1CCCN(C(=O)OC(C)(C)C)C1. The topological polar surface area (TPSA) is 58.6 Å². The summed E-state index contributed by atoms with van der Waals surface area (Å²) in [5.41, 5.74) is 0.495. The predicted octanol–water partition coefficient (Wildman–Crippen LogP) is 2.31. The molecule has 1 atom stereocenters. The van der Waals surface area contributed by atoms with E-state index in [1.54, 1.807) is 18.6 Å². The molecule has 0 unspecified atom stereocenters. The van der Waals surface area contributed by atoms with Gasteiger partial charge in [0.05, 0.1) is 5.69 Å². The fourth-order valence-corrected chi connectivity index (χ4v) is 2.60. The van der Waals surface area contributed by atoms with Crippen LogP contribution in [0.4, 0.5) is 4.79 Å². The molecule has 0 spiro atoms. The molecule has 0 bridgehead atoms. The number of ether oxygens (including phenoxy) is 1. The molecule has 0 radical (unpaired) electrons. The Labute approximate surface area is 132 Å². The van der Waals surface area contributed by atoms with E-state index in [1.165, 1.54) is 0 Å². The van der Waals surface area contributed by atoms with Crippen LogP contribution in [0.2, 0.25) is 0 Å². The van der Waals surface area contributed by atoms with Crippen LogP contribution in [0, 0.1) is 0 Å². The first-order valence-electron chi connectivity index (χ1n) is 7.78. The number of likely N-dealkylation sites (tertiary alicyclic amines) is 1. The zero-order valence-electron chi connectivity index (χ0n) is 14.0. The van der Waals surface area contributed by atoms with Crippen LogP contribution in [-0.4, -0.2) is 57.6 Å². The van der Waals surface area contributed by atoms with Crippen molar-refractivity contribution in [3.63, 3.8) is 0 Å². The summed E-state index contributed by atoms with van der Waals surface area (Å²) in [7, 11) is 2.07. The Morgan fingerprint density at radius 2 is 2.23 bits per heavy atom. The van der Waals surface area contributed by atoms with Crippen LogP contribution in [0.25, 0.3) is 0 Å². The molecule has 2 heterocycles. The Morgan fingerprint density at radius 3 is 2.86 bits per heavy atom. The fraction of sp³-hybridized carbons (Fsp3) is 0.688. The van der Waals surface area contributed by atoms with Crippen molar-refractivity contribution in [2.75, 3.05) is 20.1 Å². The fourth-order valence-electron chi connectivity index (χ4n) is 2.60. The number of carbonyl (C=O) groups is 1. The molecule has 1 fully saturated rings. The highest BCUT2D eigenvalue weighted by molar-refractivity contribution is 5.68. The second-order valence-corrected chi connectivity index (χ2v) is 6.83. The smallest absolute Gasteiger partial charge is 0.410 e. The van der Waals surface area contributed by atoms with Crippen LogP contribution in [0.5, 0.6) is 0 Å². The van der Waals surface area contributed by atoms with E-state index in [4.69, 9.17) is 4.74 Å². The average Bonchev–Trinajstić information content (AvgIpc) is 2.46. The van der Waals surface area contributed by atoms with Gasteiger partial charge in [0.2, 0.25) is 0 Å². The van der Waals surface area contributed by atoms with E-state index in [9.17, 15) is 4.79 Å². The van der Waals surface area contributed by atoms with E-state index >= 15 is 0 Å². The van der Waals surface area contributed by atoms with Crippen molar-refractivity contribution in [2.24, 2.45) is 0 Å². The van der Waals surface area contributed by atoms with E-state index in [0.29, 0.717) is 12.6 Å². The van der Waals surface area contributed by atoms with Crippen molar-refractivity contribution in [2.45, 2.75) is 51.8 Å².